The minimum atomic E-state index is -0.732. The van der Waals surface area contributed by atoms with E-state index in [1.165, 1.54) is 13.0 Å². The maximum Gasteiger partial charge on any atom is 0.162 e. The van der Waals surface area contributed by atoms with Crippen molar-refractivity contribution < 1.29 is 9.18 Å². The second-order valence-electron chi connectivity index (χ2n) is 2.59. The van der Waals surface area contributed by atoms with Crippen LogP contribution in [0, 0.1) is 17.1 Å². The molecule has 0 aromatic heterocycles. The zero-order valence-corrected chi connectivity index (χ0v) is 6.97. The number of carbonyl (C=O) groups excluding carboxylic acids is 1. The molecule has 3 nitrogen and oxygen atoms in total. The summed E-state index contributed by atoms with van der Waals surface area (Å²) >= 11 is 0. The van der Waals surface area contributed by atoms with Crippen molar-refractivity contribution in [2.45, 2.75) is 6.92 Å². The van der Waals surface area contributed by atoms with Gasteiger partial charge < -0.3 is 5.73 Å². The third-order valence-corrected chi connectivity index (χ3v) is 1.64. The Morgan fingerprint density at radius 3 is 2.69 bits per heavy atom. The molecule has 0 saturated heterocycles. The largest absolute Gasteiger partial charge is 0.396 e. The third-order valence-electron chi connectivity index (χ3n) is 1.64. The first-order valence-corrected chi connectivity index (χ1v) is 3.56. The quantitative estimate of drug-likeness (QED) is 0.523. The van der Waals surface area contributed by atoms with Crippen LogP contribution in [-0.4, -0.2) is 5.78 Å². The Labute approximate surface area is 74.6 Å². The molecule has 0 atom stereocenters. The van der Waals surface area contributed by atoms with Crippen LogP contribution in [0.25, 0.3) is 0 Å². The van der Waals surface area contributed by atoms with Crippen LogP contribution in [0.3, 0.4) is 0 Å². The van der Waals surface area contributed by atoms with Gasteiger partial charge in [-0.25, -0.2) is 4.39 Å². The lowest BCUT2D eigenvalue weighted by Gasteiger charge is -2.02. The molecule has 1 rings (SSSR count). The maximum atomic E-state index is 13.0. The molecule has 0 bridgehead atoms. The fourth-order valence-corrected chi connectivity index (χ4v) is 0.974. The summed E-state index contributed by atoms with van der Waals surface area (Å²) in [6, 6.07) is 4.02. The van der Waals surface area contributed by atoms with E-state index in [1.54, 1.807) is 6.07 Å². The van der Waals surface area contributed by atoms with Gasteiger partial charge in [-0.15, -0.1) is 0 Å². The number of carbonyl (C=O) groups is 1. The Morgan fingerprint density at radius 2 is 2.23 bits per heavy atom. The molecule has 0 aliphatic heterocycles. The highest BCUT2D eigenvalue weighted by molar-refractivity contribution is 5.99. The average Bonchev–Trinajstić information content (AvgIpc) is 2.09. The van der Waals surface area contributed by atoms with Crippen molar-refractivity contribution in [2.24, 2.45) is 0 Å². The van der Waals surface area contributed by atoms with E-state index in [0.717, 1.165) is 6.07 Å². The van der Waals surface area contributed by atoms with Crippen molar-refractivity contribution in [1.82, 2.24) is 0 Å². The van der Waals surface area contributed by atoms with Gasteiger partial charge in [0.25, 0.3) is 0 Å². The second-order valence-corrected chi connectivity index (χ2v) is 2.59. The summed E-state index contributed by atoms with van der Waals surface area (Å²) < 4.78 is 13.0. The molecule has 0 fully saturated rings. The summed E-state index contributed by atoms with van der Waals surface area (Å²) in [4.78, 5) is 10.9. The lowest BCUT2D eigenvalue weighted by molar-refractivity contribution is 0.101. The number of nitrogens with two attached hydrogens (primary N) is 1. The van der Waals surface area contributed by atoms with Crippen LogP contribution >= 0.6 is 0 Å². The fourth-order valence-electron chi connectivity index (χ4n) is 0.974. The number of anilines is 1. The van der Waals surface area contributed by atoms with Crippen molar-refractivity contribution in [3.8, 4) is 6.07 Å². The van der Waals surface area contributed by atoms with Gasteiger partial charge in [-0.1, -0.05) is 0 Å². The minimum Gasteiger partial charge on any atom is -0.396 e. The predicted octanol–water partition coefficient (Wildman–Crippen LogP) is 1.48. The van der Waals surface area contributed by atoms with Gasteiger partial charge in [0.2, 0.25) is 0 Å². The first kappa shape index (κ1) is 9.20. The molecule has 0 saturated carbocycles. The SMILES string of the molecule is CC(=O)c1cc(C#N)cc(F)c1N. The van der Waals surface area contributed by atoms with Crippen LogP contribution in [0.2, 0.25) is 0 Å². The van der Waals surface area contributed by atoms with Gasteiger partial charge in [-0.3, -0.25) is 4.79 Å². The molecule has 0 spiro atoms. The monoisotopic (exact) mass is 178 g/mol. The first-order valence-electron chi connectivity index (χ1n) is 3.56. The van der Waals surface area contributed by atoms with E-state index >= 15 is 0 Å². The summed E-state index contributed by atoms with van der Waals surface area (Å²) in [7, 11) is 0. The topological polar surface area (TPSA) is 66.9 Å². The first-order chi connectivity index (χ1) is 6.06. The number of hydrogen-bond donors (Lipinski definition) is 1. The number of halogens is 1. The number of ketones is 1. The van der Waals surface area contributed by atoms with Gasteiger partial charge in [-0.05, 0) is 19.1 Å². The van der Waals surface area contributed by atoms with Gasteiger partial charge in [0.05, 0.1) is 17.3 Å². The standard InChI is InChI=1S/C9H7FN2O/c1-5(13)7-2-6(4-11)3-8(10)9(7)12/h2-3H,12H2,1H3. The number of benzene rings is 1. The Hall–Kier alpha value is -1.89. The summed E-state index contributed by atoms with van der Waals surface area (Å²) in [5.41, 5.74) is 5.25. The number of nitrogens with zero attached hydrogens (tertiary/aromatic N) is 1. The van der Waals surface area contributed by atoms with Crippen LogP contribution in [-0.2, 0) is 0 Å². The molecule has 2 N–H and O–H groups in total. The molecule has 13 heavy (non-hydrogen) atoms. The van der Waals surface area contributed by atoms with Crippen molar-refractivity contribution in [3.05, 3.63) is 29.1 Å². The number of hydrogen-bond acceptors (Lipinski definition) is 3. The Bertz CT molecular complexity index is 407. The molecule has 4 heteroatoms. The van der Waals surface area contributed by atoms with Crippen LogP contribution < -0.4 is 5.73 Å². The van der Waals surface area contributed by atoms with Crippen molar-refractivity contribution in [2.75, 3.05) is 5.73 Å². The van der Waals surface area contributed by atoms with Gasteiger partial charge in [0.15, 0.2) is 5.78 Å². The van der Waals surface area contributed by atoms with E-state index in [4.69, 9.17) is 11.0 Å². The van der Waals surface area contributed by atoms with E-state index in [9.17, 15) is 9.18 Å². The highest BCUT2D eigenvalue weighted by Crippen LogP contribution is 2.18. The fraction of sp³-hybridized carbons (Fsp3) is 0.111. The van der Waals surface area contributed by atoms with Crippen LogP contribution in [0.15, 0.2) is 12.1 Å². The van der Waals surface area contributed by atoms with Gasteiger partial charge in [0, 0.05) is 5.56 Å². The van der Waals surface area contributed by atoms with Crippen LogP contribution in [0.5, 0.6) is 0 Å². The zero-order valence-electron chi connectivity index (χ0n) is 6.97. The Kier molecular flexibility index (Phi) is 2.29. The molecule has 1 aromatic rings. The van der Waals surface area contributed by atoms with E-state index in [2.05, 4.69) is 0 Å². The smallest absolute Gasteiger partial charge is 0.162 e. The van der Waals surface area contributed by atoms with Crippen LogP contribution in [0.1, 0.15) is 22.8 Å². The van der Waals surface area contributed by atoms with E-state index in [0.29, 0.717) is 0 Å². The number of nitrogen functional groups attached to an aromatic ring is 1. The van der Waals surface area contributed by atoms with Crippen molar-refractivity contribution in [1.29, 1.82) is 5.26 Å². The van der Waals surface area contributed by atoms with Crippen molar-refractivity contribution in [3.63, 3.8) is 0 Å². The minimum absolute atomic E-state index is 0.0524. The summed E-state index contributed by atoms with van der Waals surface area (Å²) in [6.45, 7) is 1.27. The molecule has 1 aromatic carbocycles. The van der Waals surface area contributed by atoms with E-state index in [1.807, 2.05) is 0 Å². The lowest BCUT2D eigenvalue weighted by atomic mass is 10.1. The molecular formula is C9H7FN2O. The van der Waals surface area contributed by atoms with Crippen molar-refractivity contribution >= 4 is 11.5 Å². The highest BCUT2D eigenvalue weighted by atomic mass is 19.1. The zero-order chi connectivity index (χ0) is 10.0. The molecule has 66 valence electrons. The highest BCUT2D eigenvalue weighted by Gasteiger charge is 2.10. The Morgan fingerprint density at radius 1 is 1.62 bits per heavy atom. The summed E-state index contributed by atoms with van der Waals surface area (Å²) in [6.07, 6.45) is 0. The molecule has 0 radical (unpaired) electrons. The van der Waals surface area contributed by atoms with Gasteiger partial charge >= 0.3 is 0 Å². The number of nitriles is 1. The molecule has 0 aliphatic carbocycles. The molecule has 0 unspecified atom stereocenters. The maximum absolute atomic E-state index is 13.0. The molecule has 0 amide bonds. The normalized spacial score (nSPS) is 9.31. The lowest BCUT2D eigenvalue weighted by Crippen LogP contribution is -2.03. The Balaban J connectivity index is 3.44. The molecular weight excluding hydrogens is 171 g/mol. The van der Waals surface area contributed by atoms with Crippen LogP contribution in [0.4, 0.5) is 10.1 Å². The number of Topliss-reactive ketones (excluding diaryl/α,β-unsaturated/α-hetero) is 1. The predicted molar refractivity (Wildman–Crippen MR) is 45.5 cm³/mol. The third kappa shape index (κ3) is 1.64. The summed E-state index contributed by atoms with van der Waals surface area (Å²) in [5, 5.41) is 8.49. The van der Waals surface area contributed by atoms with E-state index in [-0.39, 0.29) is 22.6 Å². The van der Waals surface area contributed by atoms with Gasteiger partial charge in [0.1, 0.15) is 5.82 Å². The number of rotatable bonds is 1. The molecule has 0 aliphatic rings. The second kappa shape index (κ2) is 3.23. The molecule has 0 heterocycles. The average molecular weight is 178 g/mol. The van der Waals surface area contributed by atoms with E-state index < -0.39 is 5.82 Å². The van der Waals surface area contributed by atoms with Gasteiger partial charge in [-0.2, -0.15) is 5.26 Å². The summed E-state index contributed by atoms with van der Waals surface area (Å²) in [5.74, 6) is -1.09.